The fraction of sp³-hybridized carbons (Fsp3) is 0.240. The number of aromatic nitrogens is 1. The molecule has 3 rings (SSSR count). The van der Waals surface area contributed by atoms with Crippen LogP contribution in [0.4, 0.5) is 26.7 Å². The second-order valence-electron chi connectivity index (χ2n) is 7.86. The minimum atomic E-state index is -4.88. The summed E-state index contributed by atoms with van der Waals surface area (Å²) in [5, 5.41) is 14.0. The summed E-state index contributed by atoms with van der Waals surface area (Å²) in [5.41, 5.74) is -0.877. The number of nitriles is 1. The van der Waals surface area contributed by atoms with Gasteiger partial charge in [-0.15, -0.1) is 0 Å². The first-order valence-corrected chi connectivity index (χ1v) is 11.9. The number of halogens is 6. The van der Waals surface area contributed by atoms with Crippen LogP contribution >= 0.6 is 22.6 Å². The molecule has 2 N–H and O–H groups in total. The molecule has 0 fully saturated rings. The predicted octanol–water partition coefficient (Wildman–Crippen LogP) is 5.76. The molecule has 0 bridgehead atoms. The van der Waals surface area contributed by atoms with Gasteiger partial charge in [0.1, 0.15) is 17.1 Å². The first-order chi connectivity index (χ1) is 17.6. The van der Waals surface area contributed by atoms with Gasteiger partial charge in [0.05, 0.1) is 18.2 Å². The van der Waals surface area contributed by atoms with E-state index in [1.807, 2.05) is 28.7 Å². The van der Waals surface area contributed by atoms with Gasteiger partial charge in [0, 0.05) is 28.8 Å². The molecule has 6 nitrogen and oxygen atoms in total. The molecule has 12 heteroatoms. The number of benzene rings is 2. The van der Waals surface area contributed by atoms with Crippen LogP contribution in [0.2, 0.25) is 0 Å². The SMILES string of the molecule is N#CCCNC(=O)N[C@@](Cc1ccccc1)(c1cc(F)cc(OC(F)(F)C(F)F)c1)c1ccc(I)cn1. The standard InChI is InChI=1S/C25H20F5IN4O2/c26-18-11-17(12-20(13-18)37-25(29,30)22(27)28)24(14-16-5-2-1-3-6-16,21-8-7-19(31)15-34-21)35-23(36)33-10-4-9-32/h1-3,5-8,11-13,15,22H,4,10,14H2,(H2,33,35,36)/t24-/m0/s1. The van der Waals surface area contributed by atoms with Crippen molar-refractivity contribution in [1.29, 1.82) is 5.26 Å². The third-order valence-electron chi connectivity index (χ3n) is 5.20. The molecule has 2 amide bonds. The molecule has 0 aliphatic heterocycles. The number of alkyl halides is 4. The van der Waals surface area contributed by atoms with Crippen LogP contribution in [-0.4, -0.2) is 30.1 Å². The summed E-state index contributed by atoms with van der Waals surface area (Å²) >= 11 is 2.02. The van der Waals surface area contributed by atoms with E-state index < -0.39 is 35.7 Å². The Balaban J connectivity index is 2.21. The van der Waals surface area contributed by atoms with E-state index in [-0.39, 0.29) is 30.6 Å². The molecule has 0 aliphatic rings. The van der Waals surface area contributed by atoms with E-state index in [1.54, 1.807) is 42.5 Å². The summed E-state index contributed by atoms with van der Waals surface area (Å²) in [6.07, 6.45) is -7.55. The number of carbonyl (C=O) groups excluding carboxylic acids is 1. The Hall–Kier alpha value is -3.47. The van der Waals surface area contributed by atoms with Crippen LogP contribution in [0.3, 0.4) is 0 Å². The molecule has 0 radical (unpaired) electrons. The second kappa shape index (κ2) is 12.2. The highest BCUT2D eigenvalue weighted by molar-refractivity contribution is 14.1. The van der Waals surface area contributed by atoms with Gasteiger partial charge in [0.15, 0.2) is 0 Å². The molecule has 1 aromatic heterocycles. The third-order valence-corrected chi connectivity index (χ3v) is 5.84. The van der Waals surface area contributed by atoms with Crippen molar-refractivity contribution in [2.75, 3.05) is 6.54 Å². The van der Waals surface area contributed by atoms with E-state index in [0.717, 1.165) is 15.7 Å². The number of carbonyl (C=O) groups is 1. The van der Waals surface area contributed by atoms with Crippen molar-refractivity contribution in [2.45, 2.75) is 30.9 Å². The number of ether oxygens (including phenoxy) is 1. The number of urea groups is 1. The zero-order chi connectivity index (χ0) is 27.1. The highest BCUT2D eigenvalue weighted by Crippen LogP contribution is 2.37. The molecule has 0 aliphatic carbocycles. The first-order valence-electron chi connectivity index (χ1n) is 10.8. The molecule has 194 valence electrons. The lowest BCUT2D eigenvalue weighted by Crippen LogP contribution is -2.52. The van der Waals surface area contributed by atoms with Crippen molar-refractivity contribution in [1.82, 2.24) is 15.6 Å². The maximum Gasteiger partial charge on any atom is 0.461 e. The molecular formula is C25H20F5IN4O2. The summed E-state index contributed by atoms with van der Waals surface area (Å²) in [7, 11) is 0. The van der Waals surface area contributed by atoms with Crippen LogP contribution in [0.1, 0.15) is 23.2 Å². The molecule has 0 saturated carbocycles. The lowest BCUT2D eigenvalue weighted by molar-refractivity contribution is -0.253. The number of hydrogen-bond acceptors (Lipinski definition) is 4. The van der Waals surface area contributed by atoms with Gasteiger partial charge in [0.25, 0.3) is 0 Å². The highest BCUT2D eigenvalue weighted by Gasteiger charge is 2.45. The molecule has 37 heavy (non-hydrogen) atoms. The van der Waals surface area contributed by atoms with Crippen LogP contribution in [0.15, 0.2) is 66.9 Å². The van der Waals surface area contributed by atoms with Crippen LogP contribution < -0.4 is 15.4 Å². The Morgan fingerprint density at radius 2 is 1.86 bits per heavy atom. The molecule has 0 spiro atoms. The maximum atomic E-state index is 14.7. The van der Waals surface area contributed by atoms with Crippen LogP contribution in [0.25, 0.3) is 0 Å². The zero-order valence-electron chi connectivity index (χ0n) is 19.0. The number of pyridine rings is 1. The smallest absolute Gasteiger partial charge is 0.428 e. The maximum absolute atomic E-state index is 14.7. The summed E-state index contributed by atoms with van der Waals surface area (Å²) in [5.74, 6) is -1.93. The van der Waals surface area contributed by atoms with E-state index in [1.165, 1.54) is 6.20 Å². The normalized spacial score (nSPS) is 12.9. The molecule has 0 unspecified atom stereocenters. The van der Waals surface area contributed by atoms with Gasteiger partial charge in [-0.1, -0.05) is 30.3 Å². The van der Waals surface area contributed by atoms with Crippen molar-refractivity contribution in [3.05, 3.63) is 93.1 Å². The van der Waals surface area contributed by atoms with Crippen molar-refractivity contribution >= 4 is 28.6 Å². The Morgan fingerprint density at radius 3 is 2.49 bits per heavy atom. The number of hydrogen-bond donors (Lipinski definition) is 2. The summed E-state index contributed by atoms with van der Waals surface area (Å²) in [6.45, 7) is 0.00197. The molecule has 3 aromatic rings. The van der Waals surface area contributed by atoms with Crippen molar-refractivity contribution < 1.29 is 31.5 Å². The summed E-state index contributed by atoms with van der Waals surface area (Å²) < 4.78 is 72.5. The molecule has 2 aromatic carbocycles. The molecular weight excluding hydrogens is 610 g/mol. The van der Waals surface area contributed by atoms with Gasteiger partial charge in [-0.3, -0.25) is 4.98 Å². The van der Waals surface area contributed by atoms with E-state index in [0.29, 0.717) is 11.6 Å². The first kappa shape index (κ1) is 28.1. The lowest BCUT2D eigenvalue weighted by Gasteiger charge is -2.36. The Kier molecular flexibility index (Phi) is 9.25. The Bertz CT molecular complexity index is 1260. The Morgan fingerprint density at radius 1 is 1.14 bits per heavy atom. The van der Waals surface area contributed by atoms with Crippen molar-refractivity contribution in [3.63, 3.8) is 0 Å². The topological polar surface area (TPSA) is 87.0 Å². The Labute approximate surface area is 223 Å². The van der Waals surface area contributed by atoms with Crippen LogP contribution in [-0.2, 0) is 12.0 Å². The monoisotopic (exact) mass is 630 g/mol. The molecule has 1 atom stereocenters. The second-order valence-corrected chi connectivity index (χ2v) is 9.10. The third kappa shape index (κ3) is 7.28. The quantitative estimate of drug-likeness (QED) is 0.170. The highest BCUT2D eigenvalue weighted by atomic mass is 127. The number of nitrogens with zero attached hydrogens (tertiary/aromatic N) is 2. The largest absolute Gasteiger partial charge is 0.461 e. The minimum absolute atomic E-state index is 0.00197. The lowest BCUT2D eigenvalue weighted by atomic mass is 9.80. The zero-order valence-corrected chi connectivity index (χ0v) is 21.2. The summed E-state index contributed by atoms with van der Waals surface area (Å²) in [4.78, 5) is 17.3. The van der Waals surface area contributed by atoms with Gasteiger partial charge in [0.2, 0.25) is 0 Å². The van der Waals surface area contributed by atoms with Crippen molar-refractivity contribution in [3.8, 4) is 11.8 Å². The minimum Gasteiger partial charge on any atom is -0.428 e. The fourth-order valence-corrected chi connectivity index (χ4v) is 3.91. The van der Waals surface area contributed by atoms with Gasteiger partial charge in [-0.25, -0.2) is 9.18 Å². The number of nitrogens with one attached hydrogen (secondary N) is 2. The number of rotatable bonds is 10. The van der Waals surface area contributed by atoms with Gasteiger partial charge < -0.3 is 15.4 Å². The average molecular weight is 630 g/mol. The van der Waals surface area contributed by atoms with Crippen LogP contribution in [0, 0.1) is 20.7 Å². The van der Waals surface area contributed by atoms with Gasteiger partial charge in [-0.05, 0) is 58.0 Å². The van der Waals surface area contributed by atoms with Crippen LogP contribution in [0.5, 0.6) is 5.75 Å². The van der Waals surface area contributed by atoms with E-state index in [2.05, 4.69) is 20.4 Å². The van der Waals surface area contributed by atoms with Gasteiger partial charge >= 0.3 is 18.6 Å². The molecule has 1 heterocycles. The fourth-order valence-electron chi connectivity index (χ4n) is 3.59. The van der Waals surface area contributed by atoms with E-state index in [9.17, 15) is 26.7 Å². The predicted molar refractivity (Wildman–Crippen MR) is 133 cm³/mol. The number of amides is 2. The van der Waals surface area contributed by atoms with Crippen molar-refractivity contribution in [2.24, 2.45) is 0 Å². The van der Waals surface area contributed by atoms with E-state index >= 15 is 0 Å². The molecule has 0 saturated heterocycles. The average Bonchev–Trinajstić information content (AvgIpc) is 2.84. The summed E-state index contributed by atoms with van der Waals surface area (Å²) in [6, 6.07) is 15.6. The van der Waals surface area contributed by atoms with E-state index in [4.69, 9.17) is 5.26 Å². The van der Waals surface area contributed by atoms with Gasteiger partial charge in [-0.2, -0.15) is 22.8 Å².